The van der Waals surface area contributed by atoms with Crippen molar-refractivity contribution >= 4 is 60.9 Å². The summed E-state index contributed by atoms with van der Waals surface area (Å²) in [5.41, 5.74) is 4.22. The predicted molar refractivity (Wildman–Crippen MR) is 171 cm³/mol. The van der Waals surface area contributed by atoms with Crippen LogP contribution in [0, 0.1) is 0 Å². The van der Waals surface area contributed by atoms with Crippen LogP contribution >= 0.6 is 27.7 Å². The number of aliphatic imine (C=N–C) groups is 2. The first kappa shape index (κ1) is 27.8. The van der Waals surface area contributed by atoms with E-state index in [0.717, 1.165) is 64.2 Å². The molecule has 0 radical (unpaired) electrons. The van der Waals surface area contributed by atoms with Crippen molar-refractivity contribution in [3.8, 4) is 0 Å². The van der Waals surface area contributed by atoms with Gasteiger partial charge < -0.3 is 5.32 Å². The lowest BCUT2D eigenvalue weighted by Gasteiger charge is -2.35. The zero-order valence-corrected chi connectivity index (χ0v) is 25.5. The summed E-state index contributed by atoms with van der Waals surface area (Å²) >= 11 is 4.98. The average molecular weight is 631 g/mol. The Labute approximate surface area is 252 Å². The second-order valence-electron chi connectivity index (χ2n) is 10.8. The van der Waals surface area contributed by atoms with Gasteiger partial charge in [-0.05, 0) is 38.1 Å². The number of halogens is 1. The summed E-state index contributed by atoms with van der Waals surface area (Å²) in [5.74, 6) is 0.145. The molecule has 210 valence electrons. The van der Waals surface area contributed by atoms with Gasteiger partial charge >= 0.3 is 0 Å². The van der Waals surface area contributed by atoms with Crippen molar-refractivity contribution in [3.63, 3.8) is 0 Å². The highest BCUT2D eigenvalue weighted by atomic mass is 79.9. The Hall–Kier alpha value is -3.34. The Bertz CT molecular complexity index is 1620. The molecule has 0 unspecified atom stereocenters. The molecule has 2 aliphatic heterocycles. The molecule has 0 atom stereocenters. The number of anilines is 1. The normalized spacial score (nSPS) is 16.8. The van der Waals surface area contributed by atoms with Gasteiger partial charge in [-0.1, -0.05) is 58.0 Å². The number of aromatic nitrogens is 3. The van der Waals surface area contributed by atoms with Gasteiger partial charge in [0, 0.05) is 65.7 Å². The third-order valence-corrected chi connectivity index (χ3v) is 8.90. The van der Waals surface area contributed by atoms with E-state index in [1.54, 1.807) is 6.20 Å². The highest BCUT2D eigenvalue weighted by Crippen LogP contribution is 2.36. The van der Waals surface area contributed by atoms with Crippen molar-refractivity contribution in [2.24, 2.45) is 9.98 Å². The molecule has 2 aromatic carbocycles. The lowest BCUT2D eigenvalue weighted by atomic mass is 9.98. The van der Waals surface area contributed by atoms with Crippen LogP contribution < -0.4 is 5.32 Å². The molecular formula is C31H32BrN7OS. The van der Waals surface area contributed by atoms with Gasteiger partial charge in [0.2, 0.25) is 5.91 Å². The van der Waals surface area contributed by atoms with E-state index in [2.05, 4.69) is 68.4 Å². The first-order chi connectivity index (χ1) is 19.9. The Morgan fingerprint density at radius 1 is 1.07 bits per heavy atom. The first-order valence-electron chi connectivity index (χ1n) is 13.8. The number of hydrogen-bond donors (Lipinski definition) is 1. The number of para-hydroxylation sites is 1. The SMILES string of the molecule is CC(C)n1cc(CN2CCC3(CC2)N=C(SCC(=O)Nc2cnc4ccccc4c2)C(c2ccc(Br)cc2)=N3)cn1. The van der Waals surface area contributed by atoms with Crippen LogP contribution in [0.25, 0.3) is 10.9 Å². The van der Waals surface area contributed by atoms with Crippen molar-refractivity contribution in [3.05, 3.63) is 88.8 Å². The van der Waals surface area contributed by atoms with Crippen LogP contribution in [0.4, 0.5) is 5.69 Å². The summed E-state index contributed by atoms with van der Waals surface area (Å²) in [5, 5.41) is 9.30. The fourth-order valence-corrected chi connectivity index (χ4v) is 6.32. The highest BCUT2D eigenvalue weighted by molar-refractivity contribution is 9.10. The minimum absolute atomic E-state index is 0.0948. The summed E-state index contributed by atoms with van der Waals surface area (Å²) < 4.78 is 3.02. The monoisotopic (exact) mass is 629 g/mol. The molecule has 0 saturated carbocycles. The molecule has 2 aliphatic rings. The van der Waals surface area contributed by atoms with Gasteiger partial charge in [-0.25, -0.2) is 4.99 Å². The zero-order chi connectivity index (χ0) is 28.4. The molecule has 0 bridgehead atoms. The number of benzene rings is 2. The van der Waals surface area contributed by atoms with E-state index in [0.29, 0.717) is 11.7 Å². The first-order valence-corrected chi connectivity index (χ1v) is 15.6. The fourth-order valence-electron chi connectivity index (χ4n) is 5.18. The summed E-state index contributed by atoms with van der Waals surface area (Å²) in [6.07, 6.45) is 7.48. The van der Waals surface area contributed by atoms with Crippen LogP contribution in [-0.2, 0) is 11.3 Å². The number of carbonyl (C=O) groups is 1. The molecule has 4 heterocycles. The number of carbonyl (C=O) groups excluding carboxylic acids is 1. The molecule has 1 spiro atoms. The topological polar surface area (TPSA) is 87.8 Å². The summed E-state index contributed by atoms with van der Waals surface area (Å²) in [6.45, 7) is 6.96. The van der Waals surface area contributed by atoms with Gasteiger partial charge in [0.05, 0.1) is 35.1 Å². The summed E-state index contributed by atoms with van der Waals surface area (Å²) in [6, 6.07) is 18.3. The van der Waals surface area contributed by atoms with Gasteiger partial charge in [0.1, 0.15) is 5.04 Å². The Balaban J connectivity index is 1.14. The van der Waals surface area contributed by atoms with E-state index in [9.17, 15) is 4.79 Å². The molecule has 1 fully saturated rings. The molecule has 8 nitrogen and oxygen atoms in total. The number of hydrogen-bond acceptors (Lipinski definition) is 7. The molecule has 10 heteroatoms. The van der Waals surface area contributed by atoms with Crippen molar-refractivity contribution in [1.29, 1.82) is 0 Å². The number of nitrogens with zero attached hydrogens (tertiary/aromatic N) is 6. The van der Waals surface area contributed by atoms with Crippen molar-refractivity contribution < 1.29 is 4.79 Å². The molecule has 6 rings (SSSR count). The van der Waals surface area contributed by atoms with Gasteiger partial charge in [-0.15, -0.1) is 0 Å². The second-order valence-corrected chi connectivity index (χ2v) is 12.7. The van der Waals surface area contributed by atoms with Crippen LogP contribution in [-0.4, -0.2) is 60.8 Å². The zero-order valence-electron chi connectivity index (χ0n) is 23.1. The van der Waals surface area contributed by atoms with Crippen molar-refractivity contribution in [2.75, 3.05) is 24.2 Å². The third-order valence-electron chi connectivity index (χ3n) is 7.41. The number of pyridine rings is 1. The molecule has 1 amide bonds. The standard InChI is InChI=1S/C31H32BrN7OS/c1-21(2)39-19-22(16-34-39)18-38-13-11-31(12-14-38)36-29(23-7-9-25(32)10-8-23)30(37-31)41-20-28(40)35-26-15-24-5-3-4-6-27(24)33-17-26/h3-10,15-17,19,21H,11-14,18,20H2,1-2H3,(H,35,40). The van der Waals surface area contributed by atoms with E-state index in [1.807, 2.05) is 53.3 Å². The highest BCUT2D eigenvalue weighted by Gasteiger charge is 2.39. The largest absolute Gasteiger partial charge is 0.324 e. The number of rotatable bonds is 7. The lowest BCUT2D eigenvalue weighted by molar-refractivity contribution is -0.113. The van der Waals surface area contributed by atoms with E-state index in [-0.39, 0.29) is 11.7 Å². The maximum absolute atomic E-state index is 12.9. The Morgan fingerprint density at radius 2 is 1.85 bits per heavy atom. The fraction of sp³-hybridized carbons (Fsp3) is 0.323. The van der Waals surface area contributed by atoms with Gasteiger partial charge in [0.15, 0.2) is 5.66 Å². The summed E-state index contributed by atoms with van der Waals surface area (Å²) in [7, 11) is 0. The Kier molecular flexibility index (Phi) is 8.05. The molecule has 2 aromatic heterocycles. The van der Waals surface area contributed by atoms with E-state index in [4.69, 9.17) is 9.98 Å². The maximum atomic E-state index is 12.9. The minimum Gasteiger partial charge on any atom is -0.324 e. The van der Waals surface area contributed by atoms with Crippen LogP contribution in [0.15, 0.2) is 87.6 Å². The molecule has 1 N–H and O–H groups in total. The molecule has 1 saturated heterocycles. The smallest absolute Gasteiger partial charge is 0.234 e. The van der Waals surface area contributed by atoms with Crippen molar-refractivity contribution in [2.45, 2.75) is 44.9 Å². The number of thioether (sulfide) groups is 1. The van der Waals surface area contributed by atoms with Gasteiger partial charge in [0.25, 0.3) is 0 Å². The van der Waals surface area contributed by atoms with Crippen molar-refractivity contribution in [1.82, 2.24) is 19.7 Å². The second kappa shape index (κ2) is 11.9. The van der Waals surface area contributed by atoms with E-state index < -0.39 is 5.66 Å². The quantitative estimate of drug-likeness (QED) is 0.258. The third kappa shape index (κ3) is 6.45. The number of amides is 1. The van der Waals surface area contributed by atoms with Crippen LogP contribution in [0.1, 0.15) is 43.9 Å². The van der Waals surface area contributed by atoms with Gasteiger partial charge in [-0.3, -0.25) is 24.4 Å². The molecule has 0 aliphatic carbocycles. The molecule has 41 heavy (non-hydrogen) atoms. The number of nitrogens with one attached hydrogen (secondary N) is 1. The van der Waals surface area contributed by atoms with E-state index in [1.165, 1.54) is 17.3 Å². The van der Waals surface area contributed by atoms with Crippen LogP contribution in [0.5, 0.6) is 0 Å². The summed E-state index contributed by atoms with van der Waals surface area (Å²) in [4.78, 5) is 30.2. The van der Waals surface area contributed by atoms with Crippen LogP contribution in [0.3, 0.4) is 0 Å². The predicted octanol–water partition coefficient (Wildman–Crippen LogP) is 6.34. The lowest BCUT2D eigenvalue weighted by Crippen LogP contribution is -2.41. The Morgan fingerprint density at radius 3 is 2.61 bits per heavy atom. The number of piperidine rings is 1. The van der Waals surface area contributed by atoms with Crippen LogP contribution in [0.2, 0.25) is 0 Å². The molecule has 4 aromatic rings. The van der Waals surface area contributed by atoms with Gasteiger partial charge in [-0.2, -0.15) is 5.10 Å². The molecular weight excluding hydrogens is 598 g/mol. The maximum Gasteiger partial charge on any atom is 0.234 e. The number of likely N-dealkylation sites (tertiary alicyclic amines) is 1. The van der Waals surface area contributed by atoms with E-state index >= 15 is 0 Å². The number of fused-ring (bicyclic) bond motifs is 1. The minimum atomic E-state index is -0.484. The average Bonchev–Trinajstić information content (AvgIpc) is 3.59.